The fourth-order valence-electron chi connectivity index (χ4n) is 1.96. The molecule has 0 aromatic rings. The van der Waals surface area contributed by atoms with E-state index in [1.54, 1.807) is 0 Å². The third-order valence-corrected chi connectivity index (χ3v) is 4.20. The van der Waals surface area contributed by atoms with Gasteiger partial charge < -0.3 is 10.0 Å². The van der Waals surface area contributed by atoms with E-state index in [0.717, 1.165) is 6.42 Å². The summed E-state index contributed by atoms with van der Waals surface area (Å²) in [6.07, 6.45) is 1.43. The van der Waals surface area contributed by atoms with Crippen molar-refractivity contribution in [1.82, 2.24) is 10.2 Å². The van der Waals surface area contributed by atoms with Crippen LogP contribution >= 0.6 is 23.4 Å². The molecule has 2 rings (SSSR count). The Bertz CT molecular complexity index is 315. The Balaban J connectivity index is 2.01. The van der Waals surface area contributed by atoms with Crippen LogP contribution in [0.2, 0.25) is 0 Å². The highest BCUT2D eigenvalue weighted by Gasteiger charge is 2.39. The molecule has 2 fully saturated rings. The summed E-state index contributed by atoms with van der Waals surface area (Å²) in [6.45, 7) is 0. The summed E-state index contributed by atoms with van der Waals surface area (Å²) in [6, 6.07) is -1.00. The minimum atomic E-state index is -0.932. The number of carbonyl (C=O) groups is 2. The maximum Gasteiger partial charge on any atom is 0.327 e. The molecule has 2 aliphatic heterocycles. The van der Waals surface area contributed by atoms with Gasteiger partial charge in [0.15, 0.2) is 0 Å². The van der Waals surface area contributed by atoms with E-state index in [1.807, 2.05) is 0 Å². The van der Waals surface area contributed by atoms with Gasteiger partial charge in [0.1, 0.15) is 6.04 Å². The number of nitrogens with one attached hydrogen (secondary N) is 1. The topological polar surface area (TPSA) is 69.6 Å². The third-order valence-electron chi connectivity index (χ3n) is 2.84. The summed E-state index contributed by atoms with van der Waals surface area (Å²) >= 11 is 7.32. The second-order valence-corrected chi connectivity index (χ2v) is 5.45. The van der Waals surface area contributed by atoms with E-state index in [4.69, 9.17) is 16.7 Å². The molecule has 2 saturated heterocycles. The number of halogens is 1. The summed E-state index contributed by atoms with van der Waals surface area (Å²) < 4.78 is 0. The molecule has 3 atom stereocenters. The number of aliphatic carboxylic acids is 1. The first-order chi connectivity index (χ1) is 7.59. The average molecular weight is 265 g/mol. The molecule has 0 spiro atoms. The molecular weight excluding hydrogens is 252 g/mol. The first kappa shape index (κ1) is 12.0. The predicted octanol–water partition coefficient (Wildman–Crippen LogP) is 0.289. The van der Waals surface area contributed by atoms with Crippen molar-refractivity contribution in [2.75, 3.05) is 11.6 Å². The molecule has 7 heteroatoms. The van der Waals surface area contributed by atoms with Crippen molar-refractivity contribution in [3.05, 3.63) is 0 Å². The lowest BCUT2D eigenvalue weighted by molar-refractivity contribution is -0.148. The lowest BCUT2D eigenvalue weighted by atomic mass is 10.2. The van der Waals surface area contributed by atoms with Crippen LogP contribution in [0.1, 0.15) is 12.8 Å². The molecule has 0 aromatic carbocycles. The molecule has 16 heavy (non-hydrogen) atoms. The molecule has 0 aliphatic carbocycles. The Morgan fingerprint density at radius 2 is 2.19 bits per heavy atom. The summed E-state index contributed by atoms with van der Waals surface area (Å²) in [5, 5.41) is 11.9. The number of carboxylic acids is 1. The van der Waals surface area contributed by atoms with Gasteiger partial charge in [-0.1, -0.05) is 0 Å². The smallest absolute Gasteiger partial charge is 0.327 e. The van der Waals surface area contributed by atoms with E-state index in [9.17, 15) is 9.59 Å². The number of carboxylic acid groups (broad SMARTS) is 1. The van der Waals surface area contributed by atoms with Crippen molar-refractivity contribution in [2.24, 2.45) is 0 Å². The van der Waals surface area contributed by atoms with E-state index in [0.29, 0.717) is 18.1 Å². The zero-order valence-electron chi connectivity index (χ0n) is 8.56. The Hall–Kier alpha value is -0.460. The van der Waals surface area contributed by atoms with Gasteiger partial charge in [0.25, 0.3) is 0 Å². The van der Waals surface area contributed by atoms with E-state index < -0.39 is 12.0 Å². The number of amides is 1. The minimum absolute atomic E-state index is 0.138. The van der Waals surface area contributed by atoms with Crippen LogP contribution in [0.5, 0.6) is 0 Å². The van der Waals surface area contributed by atoms with Crippen LogP contribution in [0.15, 0.2) is 0 Å². The lowest BCUT2D eigenvalue weighted by Gasteiger charge is -2.23. The largest absolute Gasteiger partial charge is 0.480 e. The second-order valence-electron chi connectivity index (χ2n) is 3.93. The zero-order valence-corrected chi connectivity index (χ0v) is 10.1. The number of rotatable bonds is 2. The first-order valence-electron chi connectivity index (χ1n) is 5.10. The monoisotopic (exact) mass is 264 g/mol. The Labute approximate surface area is 103 Å². The van der Waals surface area contributed by atoms with Crippen LogP contribution in [-0.4, -0.2) is 51.1 Å². The van der Waals surface area contributed by atoms with Gasteiger partial charge in [-0.05, 0) is 12.8 Å². The SMILES string of the molecule is O=C(O)[C@@H]1CSCN1C(=O)[C@@H]1CC[C@H](Cl)N1. The predicted molar refractivity (Wildman–Crippen MR) is 61.4 cm³/mol. The fourth-order valence-corrected chi connectivity index (χ4v) is 3.39. The van der Waals surface area contributed by atoms with Gasteiger partial charge in [-0.3, -0.25) is 10.1 Å². The number of carbonyl (C=O) groups excluding carboxylic acids is 1. The summed E-state index contributed by atoms with van der Waals surface area (Å²) in [5.41, 5.74) is -0.174. The van der Waals surface area contributed by atoms with Crippen LogP contribution in [0.3, 0.4) is 0 Å². The van der Waals surface area contributed by atoms with Crippen LogP contribution in [0, 0.1) is 0 Å². The Morgan fingerprint density at radius 3 is 2.75 bits per heavy atom. The fraction of sp³-hybridized carbons (Fsp3) is 0.778. The minimum Gasteiger partial charge on any atom is -0.480 e. The summed E-state index contributed by atoms with van der Waals surface area (Å²) in [4.78, 5) is 24.4. The van der Waals surface area contributed by atoms with Crippen LogP contribution in [0.4, 0.5) is 0 Å². The number of hydrogen-bond acceptors (Lipinski definition) is 4. The Kier molecular flexibility index (Phi) is 3.61. The summed E-state index contributed by atoms with van der Waals surface area (Å²) in [7, 11) is 0. The molecular formula is C9H13ClN2O3S. The normalized spacial score (nSPS) is 34.3. The van der Waals surface area contributed by atoms with E-state index >= 15 is 0 Å². The average Bonchev–Trinajstić information content (AvgIpc) is 2.84. The van der Waals surface area contributed by atoms with Crippen molar-refractivity contribution in [3.8, 4) is 0 Å². The molecule has 0 unspecified atom stereocenters. The van der Waals surface area contributed by atoms with Gasteiger partial charge in [0, 0.05) is 5.75 Å². The standard InChI is InChI=1S/C9H13ClN2O3S/c10-7-2-1-5(11-7)8(13)12-4-16-3-6(12)9(14)15/h5-7,11H,1-4H2,(H,14,15)/t5-,6-,7+/m0/s1. The maximum absolute atomic E-state index is 12.0. The quantitative estimate of drug-likeness (QED) is 0.554. The zero-order chi connectivity index (χ0) is 11.7. The molecule has 0 saturated carbocycles. The lowest BCUT2D eigenvalue weighted by Crippen LogP contribution is -2.49. The van der Waals surface area contributed by atoms with E-state index in [2.05, 4.69) is 5.32 Å². The van der Waals surface area contributed by atoms with E-state index in [1.165, 1.54) is 16.7 Å². The maximum atomic E-state index is 12.0. The molecule has 2 N–H and O–H groups in total. The van der Waals surface area contributed by atoms with Gasteiger partial charge in [-0.2, -0.15) is 0 Å². The highest BCUT2D eigenvalue weighted by Crippen LogP contribution is 2.25. The van der Waals surface area contributed by atoms with Crippen molar-refractivity contribution >= 4 is 35.2 Å². The summed E-state index contributed by atoms with van der Waals surface area (Å²) in [5.74, 6) is -0.140. The van der Waals surface area contributed by atoms with Crippen molar-refractivity contribution in [1.29, 1.82) is 0 Å². The molecule has 0 bridgehead atoms. The highest BCUT2D eigenvalue weighted by atomic mass is 35.5. The van der Waals surface area contributed by atoms with Gasteiger partial charge in [-0.25, -0.2) is 4.79 Å². The molecule has 2 aliphatic rings. The van der Waals surface area contributed by atoms with E-state index in [-0.39, 0.29) is 17.5 Å². The van der Waals surface area contributed by atoms with Crippen molar-refractivity contribution < 1.29 is 14.7 Å². The molecule has 1 amide bonds. The number of alkyl halides is 1. The van der Waals surface area contributed by atoms with Gasteiger partial charge in [-0.15, -0.1) is 23.4 Å². The molecule has 90 valence electrons. The molecule has 5 nitrogen and oxygen atoms in total. The molecule has 2 heterocycles. The van der Waals surface area contributed by atoms with Crippen LogP contribution in [-0.2, 0) is 9.59 Å². The first-order valence-corrected chi connectivity index (χ1v) is 6.70. The number of thioether (sulfide) groups is 1. The van der Waals surface area contributed by atoms with Gasteiger partial charge in [0.05, 0.1) is 17.4 Å². The van der Waals surface area contributed by atoms with Gasteiger partial charge in [0.2, 0.25) is 5.91 Å². The third kappa shape index (κ3) is 2.28. The van der Waals surface area contributed by atoms with Gasteiger partial charge >= 0.3 is 5.97 Å². The molecule has 0 aromatic heterocycles. The van der Waals surface area contributed by atoms with Crippen molar-refractivity contribution in [2.45, 2.75) is 30.4 Å². The van der Waals surface area contributed by atoms with Crippen LogP contribution < -0.4 is 5.32 Å². The molecule has 0 radical (unpaired) electrons. The Morgan fingerprint density at radius 1 is 1.44 bits per heavy atom. The van der Waals surface area contributed by atoms with Crippen LogP contribution in [0.25, 0.3) is 0 Å². The number of hydrogen-bond donors (Lipinski definition) is 2. The second kappa shape index (κ2) is 4.81. The highest BCUT2D eigenvalue weighted by molar-refractivity contribution is 7.99. The number of nitrogens with zero attached hydrogens (tertiary/aromatic N) is 1. The van der Waals surface area contributed by atoms with Crippen molar-refractivity contribution in [3.63, 3.8) is 0 Å².